The molecule has 0 amide bonds. The van der Waals surface area contributed by atoms with Crippen LogP contribution in [0.2, 0.25) is 5.02 Å². The third-order valence-electron chi connectivity index (χ3n) is 4.33. The number of aromatic nitrogens is 3. The first-order valence-electron chi connectivity index (χ1n) is 9.35. The molecule has 156 valence electrons. The minimum absolute atomic E-state index is 0. The number of guanidine groups is 1. The molecular formula is C20H26ClIN6S. The van der Waals surface area contributed by atoms with Crippen LogP contribution < -0.4 is 10.6 Å². The SMILES string of the molecule is CCc1nncn1CCNC(=NCc1cccs1)NC(C)c1cccc(Cl)c1.I. The molecule has 2 N–H and O–H groups in total. The largest absolute Gasteiger partial charge is 0.355 e. The fraction of sp³-hybridized carbons (Fsp3) is 0.350. The summed E-state index contributed by atoms with van der Waals surface area (Å²) in [5.74, 6) is 1.76. The fourth-order valence-electron chi connectivity index (χ4n) is 2.81. The van der Waals surface area contributed by atoms with Crippen molar-refractivity contribution in [3.8, 4) is 0 Å². The first-order valence-corrected chi connectivity index (χ1v) is 10.6. The molecule has 2 heterocycles. The van der Waals surface area contributed by atoms with E-state index in [1.165, 1.54) is 4.88 Å². The zero-order chi connectivity index (χ0) is 19.8. The second-order valence-corrected chi connectivity index (χ2v) is 7.85. The van der Waals surface area contributed by atoms with E-state index in [4.69, 9.17) is 16.6 Å². The molecule has 0 aliphatic rings. The molecule has 0 fully saturated rings. The number of halogens is 2. The second-order valence-electron chi connectivity index (χ2n) is 6.39. The summed E-state index contributed by atoms with van der Waals surface area (Å²) in [6.07, 6.45) is 2.63. The summed E-state index contributed by atoms with van der Waals surface area (Å²) in [6.45, 7) is 6.33. The number of aryl methyl sites for hydroxylation is 1. The van der Waals surface area contributed by atoms with Crippen LogP contribution in [0.15, 0.2) is 53.1 Å². The highest BCUT2D eigenvalue weighted by Gasteiger charge is 2.09. The van der Waals surface area contributed by atoms with Crippen LogP contribution in [-0.4, -0.2) is 27.3 Å². The highest BCUT2D eigenvalue weighted by atomic mass is 127. The van der Waals surface area contributed by atoms with Crippen molar-refractivity contribution in [2.24, 2.45) is 4.99 Å². The maximum Gasteiger partial charge on any atom is 0.192 e. The molecular weight excluding hydrogens is 519 g/mol. The van der Waals surface area contributed by atoms with Gasteiger partial charge in [-0.25, -0.2) is 4.99 Å². The van der Waals surface area contributed by atoms with Crippen molar-refractivity contribution in [1.82, 2.24) is 25.4 Å². The molecule has 0 radical (unpaired) electrons. The summed E-state index contributed by atoms with van der Waals surface area (Å²) in [4.78, 5) is 5.97. The Hall–Kier alpha value is -1.65. The summed E-state index contributed by atoms with van der Waals surface area (Å²) in [7, 11) is 0. The van der Waals surface area contributed by atoms with Crippen molar-refractivity contribution in [3.05, 3.63) is 69.4 Å². The van der Waals surface area contributed by atoms with Crippen molar-refractivity contribution in [2.75, 3.05) is 6.54 Å². The van der Waals surface area contributed by atoms with Gasteiger partial charge in [0.1, 0.15) is 12.2 Å². The average molecular weight is 545 g/mol. The van der Waals surface area contributed by atoms with Crippen LogP contribution in [-0.2, 0) is 19.5 Å². The number of nitrogens with zero attached hydrogens (tertiary/aromatic N) is 4. The molecule has 0 saturated carbocycles. The van der Waals surface area contributed by atoms with Gasteiger partial charge in [-0.2, -0.15) is 0 Å². The summed E-state index contributed by atoms with van der Waals surface area (Å²) in [5, 5.41) is 17.8. The molecule has 0 aliphatic carbocycles. The number of aliphatic imine (C=N–C) groups is 1. The molecule has 9 heteroatoms. The van der Waals surface area contributed by atoms with Crippen molar-refractivity contribution in [2.45, 2.75) is 39.4 Å². The minimum atomic E-state index is 0. The lowest BCUT2D eigenvalue weighted by Crippen LogP contribution is -2.40. The van der Waals surface area contributed by atoms with E-state index in [-0.39, 0.29) is 30.0 Å². The van der Waals surface area contributed by atoms with Gasteiger partial charge in [0.2, 0.25) is 0 Å². The molecule has 6 nitrogen and oxygen atoms in total. The van der Waals surface area contributed by atoms with E-state index in [0.29, 0.717) is 6.54 Å². The van der Waals surface area contributed by atoms with E-state index in [1.807, 2.05) is 24.3 Å². The van der Waals surface area contributed by atoms with Gasteiger partial charge in [-0.3, -0.25) is 0 Å². The Labute approximate surface area is 197 Å². The molecule has 3 aromatic rings. The monoisotopic (exact) mass is 544 g/mol. The predicted octanol–water partition coefficient (Wildman–Crippen LogP) is 4.67. The summed E-state index contributed by atoms with van der Waals surface area (Å²) in [5.41, 5.74) is 1.12. The van der Waals surface area contributed by atoms with E-state index in [0.717, 1.165) is 41.9 Å². The van der Waals surface area contributed by atoms with Crippen LogP contribution in [0.1, 0.15) is 36.2 Å². The van der Waals surface area contributed by atoms with Crippen LogP contribution >= 0.6 is 46.9 Å². The summed E-state index contributed by atoms with van der Waals surface area (Å²) >= 11 is 7.84. The first-order chi connectivity index (χ1) is 13.7. The molecule has 29 heavy (non-hydrogen) atoms. The maximum absolute atomic E-state index is 6.14. The van der Waals surface area contributed by atoms with Gasteiger partial charge in [0.25, 0.3) is 0 Å². The topological polar surface area (TPSA) is 67.1 Å². The van der Waals surface area contributed by atoms with Gasteiger partial charge in [0.05, 0.1) is 12.6 Å². The van der Waals surface area contributed by atoms with Crippen LogP contribution in [0.5, 0.6) is 0 Å². The van der Waals surface area contributed by atoms with E-state index < -0.39 is 0 Å². The van der Waals surface area contributed by atoms with E-state index >= 15 is 0 Å². The standard InChI is InChI=1S/C20H25ClN6S.HI/c1-3-19-26-24-14-27(19)10-9-22-20(23-13-18-8-5-11-28-18)25-15(2)16-6-4-7-17(21)12-16;/h4-8,11-12,14-15H,3,9-10,13H2,1-2H3,(H2,22,23,25);1H. The van der Waals surface area contributed by atoms with Gasteiger partial charge in [-0.15, -0.1) is 45.5 Å². The second kappa shape index (κ2) is 12.1. The van der Waals surface area contributed by atoms with Crippen LogP contribution in [0.3, 0.4) is 0 Å². The maximum atomic E-state index is 6.14. The molecule has 0 spiro atoms. The normalized spacial score (nSPS) is 12.3. The number of rotatable bonds is 8. The molecule has 0 aliphatic heterocycles. The number of hydrogen-bond donors (Lipinski definition) is 2. The van der Waals surface area contributed by atoms with Crippen LogP contribution in [0.4, 0.5) is 0 Å². The van der Waals surface area contributed by atoms with Gasteiger partial charge in [0.15, 0.2) is 5.96 Å². The molecule has 2 aromatic heterocycles. The Morgan fingerprint density at radius 1 is 1.31 bits per heavy atom. The molecule has 1 atom stereocenters. The Morgan fingerprint density at radius 3 is 2.90 bits per heavy atom. The highest BCUT2D eigenvalue weighted by Crippen LogP contribution is 2.17. The molecule has 1 aromatic carbocycles. The van der Waals surface area contributed by atoms with Crippen molar-refractivity contribution < 1.29 is 0 Å². The number of thiophene rings is 1. The van der Waals surface area contributed by atoms with E-state index in [2.05, 4.69) is 56.8 Å². The lowest BCUT2D eigenvalue weighted by Gasteiger charge is -2.19. The number of nitrogens with one attached hydrogen (secondary N) is 2. The van der Waals surface area contributed by atoms with Gasteiger partial charge < -0.3 is 15.2 Å². The minimum Gasteiger partial charge on any atom is -0.355 e. The third-order valence-corrected chi connectivity index (χ3v) is 5.43. The van der Waals surface area contributed by atoms with Crippen molar-refractivity contribution >= 4 is 52.9 Å². The Bertz CT molecular complexity index is 896. The van der Waals surface area contributed by atoms with Crippen LogP contribution in [0.25, 0.3) is 0 Å². The Morgan fingerprint density at radius 2 is 2.17 bits per heavy atom. The first kappa shape index (κ1) is 23.6. The van der Waals surface area contributed by atoms with Crippen molar-refractivity contribution in [3.63, 3.8) is 0 Å². The number of hydrogen-bond acceptors (Lipinski definition) is 4. The molecule has 0 bridgehead atoms. The highest BCUT2D eigenvalue weighted by molar-refractivity contribution is 14.0. The van der Waals surface area contributed by atoms with Gasteiger partial charge >= 0.3 is 0 Å². The number of benzene rings is 1. The molecule has 3 rings (SSSR count). The summed E-state index contributed by atoms with van der Waals surface area (Å²) < 4.78 is 2.06. The zero-order valence-corrected chi connectivity index (χ0v) is 20.4. The average Bonchev–Trinajstić information content (AvgIpc) is 3.37. The van der Waals surface area contributed by atoms with Gasteiger partial charge in [-0.05, 0) is 36.1 Å². The van der Waals surface area contributed by atoms with E-state index in [1.54, 1.807) is 17.7 Å². The third kappa shape index (κ3) is 7.27. The van der Waals surface area contributed by atoms with Gasteiger partial charge in [-0.1, -0.05) is 36.7 Å². The van der Waals surface area contributed by atoms with E-state index in [9.17, 15) is 0 Å². The molecule has 1 unspecified atom stereocenters. The fourth-order valence-corrected chi connectivity index (χ4v) is 3.64. The molecule has 0 saturated heterocycles. The predicted molar refractivity (Wildman–Crippen MR) is 131 cm³/mol. The smallest absolute Gasteiger partial charge is 0.192 e. The quantitative estimate of drug-likeness (QED) is 0.246. The lowest BCUT2D eigenvalue weighted by molar-refractivity contribution is 0.619. The Balaban J connectivity index is 0.00000300. The summed E-state index contributed by atoms with van der Waals surface area (Å²) in [6, 6.07) is 12.1. The van der Waals surface area contributed by atoms with Crippen LogP contribution in [0, 0.1) is 0 Å². The van der Waals surface area contributed by atoms with Crippen molar-refractivity contribution in [1.29, 1.82) is 0 Å². The zero-order valence-electron chi connectivity index (χ0n) is 16.5. The lowest BCUT2D eigenvalue weighted by atomic mass is 10.1. The Kier molecular flexibility index (Phi) is 9.89. The van der Waals surface area contributed by atoms with Gasteiger partial charge in [0, 0.05) is 29.4 Å².